The summed E-state index contributed by atoms with van der Waals surface area (Å²) in [5, 5.41) is 26.1. The average Bonchev–Trinajstić information content (AvgIpc) is 3.15. The fraction of sp³-hybridized carbons (Fsp3) is 0.0476. The fourth-order valence-corrected chi connectivity index (χ4v) is 3.32. The smallest absolute Gasteiger partial charge is 0.177 e. The van der Waals surface area contributed by atoms with Gasteiger partial charge in [0.05, 0.1) is 33.4 Å². The molecule has 0 amide bonds. The minimum Gasteiger partial charge on any atom is -0.453 e. The zero-order valence-electron chi connectivity index (χ0n) is 14.8. The third kappa shape index (κ3) is 3.66. The van der Waals surface area contributed by atoms with E-state index in [1.54, 1.807) is 24.4 Å². The highest BCUT2D eigenvalue weighted by Crippen LogP contribution is 2.35. The maximum Gasteiger partial charge on any atom is 0.177 e. The number of nitrogens with one attached hydrogen (secondary N) is 1. The van der Waals surface area contributed by atoms with Crippen LogP contribution in [0.2, 0.25) is 0 Å². The predicted molar refractivity (Wildman–Crippen MR) is 107 cm³/mol. The average molecular weight is 448 g/mol. The van der Waals surface area contributed by atoms with E-state index in [-0.39, 0.29) is 29.0 Å². The van der Waals surface area contributed by atoms with E-state index >= 15 is 4.39 Å². The number of H-pyrrole nitrogens is 1. The Kier molecular flexibility index (Phi) is 4.94. The zero-order chi connectivity index (χ0) is 20.4. The Morgan fingerprint density at radius 2 is 1.86 bits per heavy atom. The molecule has 0 unspecified atom stereocenters. The van der Waals surface area contributed by atoms with Gasteiger partial charge in [-0.3, -0.25) is 5.10 Å². The van der Waals surface area contributed by atoms with Crippen molar-refractivity contribution < 1.29 is 9.13 Å². The first-order chi connectivity index (χ1) is 14.1. The van der Waals surface area contributed by atoms with Gasteiger partial charge in [-0.1, -0.05) is 6.07 Å². The summed E-state index contributed by atoms with van der Waals surface area (Å²) in [6, 6.07) is 15.2. The Morgan fingerprint density at radius 1 is 1.10 bits per heavy atom. The molecule has 29 heavy (non-hydrogen) atoms. The first-order valence-corrected chi connectivity index (χ1v) is 9.26. The van der Waals surface area contributed by atoms with E-state index in [1.807, 2.05) is 18.2 Å². The molecule has 0 aliphatic rings. The topological polar surface area (TPSA) is 98.4 Å². The van der Waals surface area contributed by atoms with E-state index in [9.17, 15) is 0 Å². The van der Waals surface area contributed by atoms with Gasteiger partial charge in [0.25, 0.3) is 0 Å². The highest BCUT2D eigenvalue weighted by Gasteiger charge is 2.17. The summed E-state index contributed by atoms with van der Waals surface area (Å²) in [6.45, 7) is 0. The van der Waals surface area contributed by atoms with Crippen LogP contribution >= 0.6 is 15.9 Å². The second-order valence-corrected chi connectivity index (χ2v) is 7.02. The van der Waals surface area contributed by atoms with Crippen molar-refractivity contribution in [2.75, 3.05) is 0 Å². The largest absolute Gasteiger partial charge is 0.453 e. The number of benzene rings is 2. The van der Waals surface area contributed by atoms with Crippen LogP contribution in [0.5, 0.6) is 11.5 Å². The first-order valence-electron chi connectivity index (χ1n) is 8.47. The number of nitriles is 2. The van der Waals surface area contributed by atoms with Crippen molar-refractivity contribution >= 4 is 27.0 Å². The highest BCUT2D eigenvalue weighted by atomic mass is 79.9. The van der Waals surface area contributed by atoms with Crippen LogP contribution in [-0.4, -0.2) is 15.2 Å². The molecule has 0 atom stereocenters. The lowest BCUT2D eigenvalue weighted by molar-refractivity contribution is 0.436. The van der Waals surface area contributed by atoms with Gasteiger partial charge >= 0.3 is 0 Å². The number of aromatic nitrogens is 3. The van der Waals surface area contributed by atoms with Crippen molar-refractivity contribution in [2.24, 2.45) is 0 Å². The van der Waals surface area contributed by atoms with Crippen LogP contribution in [0.25, 0.3) is 11.0 Å². The van der Waals surface area contributed by atoms with Gasteiger partial charge in [-0.25, -0.2) is 9.37 Å². The lowest BCUT2D eigenvalue weighted by Crippen LogP contribution is -1.98. The van der Waals surface area contributed by atoms with Crippen molar-refractivity contribution in [3.63, 3.8) is 0 Å². The van der Waals surface area contributed by atoms with Crippen LogP contribution in [0.1, 0.15) is 22.4 Å². The van der Waals surface area contributed by atoms with Gasteiger partial charge in [0.1, 0.15) is 5.75 Å². The molecule has 2 aromatic carbocycles. The second-order valence-electron chi connectivity index (χ2n) is 6.17. The predicted octanol–water partition coefficient (Wildman–Crippen LogP) is 4.99. The molecule has 0 aliphatic carbocycles. The van der Waals surface area contributed by atoms with Crippen molar-refractivity contribution in [3.8, 4) is 23.6 Å². The molecule has 2 heterocycles. The minimum atomic E-state index is -0.555. The number of aromatic amines is 1. The van der Waals surface area contributed by atoms with Crippen molar-refractivity contribution in [1.82, 2.24) is 15.2 Å². The summed E-state index contributed by atoms with van der Waals surface area (Å²) >= 11 is 3.30. The third-order valence-electron chi connectivity index (χ3n) is 4.29. The quantitative estimate of drug-likeness (QED) is 0.475. The molecular formula is C21H11BrFN5O. The molecule has 2 aromatic heterocycles. The summed E-state index contributed by atoms with van der Waals surface area (Å²) < 4.78 is 21.4. The molecule has 4 rings (SSSR count). The van der Waals surface area contributed by atoms with Crippen LogP contribution in [0.3, 0.4) is 0 Å². The summed E-state index contributed by atoms with van der Waals surface area (Å²) in [5.41, 5.74) is 2.19. The van der Waals surface area contributed by atoms with Gasteiger partial charge in [-0.05, 0) is 57.9 Å². The van der Waals surface area contributed by atoms with Gasteiger partial charge in [0.15, 0.2) is 17.2 Å². The molecule has 6 nitrogen and oxygen atoms in total. The van der Waals surface area contributed by atoms with E-state index in [1.165, 1.54) is 18.2 Å². The van der Waals surface area contributed by atoms with Crippen LogP contribution in [0.4, 0.5) is 4.39 Å². The Morgan fingerprint density at radius 3 is 2.59 bits per heavy atom. The van der Waals surface area contributed by atoms with E-state index in [0.717, 1.165) is 5.39 Å². The number of rotatable bonds is 4. The van der Waals surface area contributed by atoms with E-state index in [0.29, 0.717) is 21.4 Å². The summed E-state index contributed by atoms with van der Waals surface area (Å²) in [4.78, 5) is 4.19. The van der Waals surface area contributed by atoms with Crippen molar-refractivity contribution in [3.05, 3.63) is 81.3 Å². The molecule has 0 bridgehead atoms. The van der Waals surface area contributed by atoms with Gasteiger partial charge in [-0.15, -0.1) is 0 Å². The maximum atomic E-state index is 15.2. The van der Waals surface area contributed by atoms with Crippen molar-refractivity contribution in [1.29, 1.82) is 10.5 Å². The molecule has 140 valence electrons. The normalized spacial score (nSPS) is 10.5. The van der Waals surface area contributed by atoms with Gasteiger partial charge in [-0.2, -0.15) is 15.6 Å². The summed E-state index contributed by atoms with van der Waals surface area (Å²) in [7, 11) is 0. The third-order valence-corrected chi connectivity index (χ3v) is 4.91. The standard InChI is InChI=1S/C21H11BrFN5O/c22-17-4-3-14(9-18-16-2-1-5-26-21(16)28-27-18)19(23)20(17)29-15-7-12(10-24)6-13(8-15)11-25/h1-8H,9H2,(H,26,27,28). The molecule has 8 heteroatoms. The molecule has 0 spiro atoms. The SMILES string of the molecule is N#Cc1cc(C#N)cc(Oc2c(Br)ccc(Cc3n[nH]c4ncccc34)c2F)c1. The molecular weight excluding hydrogens is 437 g/mol. The van der Waals surface area contributed by atoms with E-state index < -0.39 is 5.82 Å². The molecule has 4 aromatic rings. The summed E-state index contributed by atoms with van der Waals surface area (Å²) in [5.74, 6) is -0.383. The molecule has 0 radical (unpaired) electrons. The number of ether oxygens (including phenoxy) is 1. The Labute approximate surface area is 173 Å². The number of hydrogen-bond donors (Lipinski definition) is 1. The number of hydrogen-bond acceptors (Lipinski definition) is 5. The fourth-order valence-electron chi connectivity index (χ4n) is 2.93. The Hall–Kier alpha value is -3.75. The number of nitrogens with zero attached hydrogens (tertiary/aromatic N) is 4. The number of halogens is 2. The Bertz CT molecular complexity index is 1290. The van der Waals surface area contributed by atoms with Crippen LogP contribution < -0.4 is 4.74 Å². The highest BCUT2D eigenvalue weighted by molar-refractivity contribution is 9.10. The lowest BCUT2D eigenvalue weighted by Gasteiger charge is -2.12. The van der Waals surface area contributed by atoms with Gasteiger partial charge < -0.3 is 4.74 Å². The summed E-state index contributed by atoms with van der Waals surface area (Å²) in [6.07, 6.45) is 1.89. The second kappa shape index (κ2) is 7.70. The van der Waals surface area contributed by atoms with Crippen LogP contribution in [0.15, 0.2) is 53.1 Å². The molecule has 1 N–H and O–H groups in total. The van der Waals surface area contributed by atoms with Crippen LogP contribution in [0, 0.1) is 28.5 Å². The van der Waals surface area contributed by atoms with Crippen molar-refractivity contribution in [2.45, 2.75) is 6.42 Å². The number of fused-ring (bicyclic) bond motifs is 1. The minimum absolute atomic E-state index is 0.0283. The molecule has 0 aliphatic heterocycles. The molecule has 0 saturated heterocycles. The maximum absolute atomic E-state index is 15.2. The first kappa shape index (κ1) is 18.6. The monoisotopic (exact) mass is 447 g/mol. The van der Waals surface area contributed by atoms with Gasteiger partial charge in [0.2, 0.25) is 0 Å². The zero-order valence-corrected chi connectivity index (χ0v) is 16.4. The van der Waals surface area contributed by atoms with Gasteiger partial charge in [0, 0.05) is 18.0 Å². The Balaban J connectivity index is 1.71. The van der Waals surface area contributed by atoms with Crippen LogP contribution in [-0.2, 0) is 6.42 Å². The van der Waals surface area contributed by atoms with E-state index in [2.05, 4.69) is 31.1 Å². The number of pyridine rings is 1. The van der Waals surface area contributed by atoms with E-state index in [4.69, 9.17) is 15.3 Å². The molecule has 0 fully saturated rings. The lowest BCUT2D eigenvalue weighted by atomic mass is 10.1. The molecule has 0 saturated carbocycles.